The van der Waals surface area contributed by atoms with Crippen molar-refractivity contribution in [3.05, 3.63) is 59.0 Å². The number of hydrogen-bond donors (Lipinski definition) is 0. The van der Waals surface area contributed by atoms with Gasteiger partial charge in [-0.3, -0.25) is 0 Å². The van der Waals surface area contributed by atoms with E-state index >= 15 is 0 Å². The first-order valence-electron chi connectivity index (χ1n) is 5.63. The van der Waals surface area contributed by atoms with Crippen LogP contribution in [0.4, 0.5) is 0 Å². The number of rotatable bonds is 3. The zero-order valence-corrected chi connectivity index (χ0v) is 10.1. The summed E-state index contributed by atoms with van der Waals surface area (Å²) in [6.45, 7) is 3.58. The van der Waals surface area contributed by atoms with E-state index in [1.807, 2.05) is 30.4 Å². The van der Waals surface area contributed by atoms with Crippen LogP contribution in [0, 0.1) is 4.91 Å². The van der Waals surface area contributed by atoms with Crippen molar-refractivity contribution in [1.82, 2.24) is 0 Å². The van der Waals surface area contributed by atoms with Crippen LogP contribution in [0.25, 0.3) is 17.2 Å². The average Bonchev–Trinajstić information content (AvgIpc) is 2.68. The van der Waals surface area contributed by atoms with Crippen LogP contribution in [-0.4, -0.2) is 5.54 Å². The van der Waals surface area contributed by atoms with Gasteiger partial charge in [0.05, 0.1) is 0 Å². The molecule has 2 nitrogen and oxygen atoms in total. The minimum absolute atomic E-state index is 0.650. The molecule has 0 N–H and O–H groups in total. The van der Waals surface area contributed by atoms with E-state index in [1.54, 1.807) is 13.8 Å². The largest absolute Gasteiger partial charge is 0.150 e. The van der Waals surface area contributed by atoms with Gasteiger partial charge in [0.1, 0.15) is 5.54 Å². The number of fused-ring (bicyclic) bond motifs is 1. The van der Waals surface area contributed by atoms with E-state index in [4.69, 9.17) is 0 Å². The summed E-state index contributed by atoms with van der Waals surface area (Å²) in [4.78, 5) is 10.6. The minimum atomic E-state index is -0.650. The first-order valence-corrected chi connectivity index (χ1v) is 5.63. The Morgan fingerprint density at radius 3 is 2.12 bits per heavy atom. The molecule has 0 aromatic carbocycles. The van der Waals surface area contributed by atoms with Crippen molar-refractivity contribution in [1.29, 1.82) is 0 Å². The molecule has 0 spiro atoms. The highest BCUT2D eigenvalue weighted by molar-refractivity contribution is 5.67. The Hall–Kier alpha value is -1.96. The van der Waals surface area contributed by atoms with Gasteiger partial charge in [-0.2, -0.15) is 0 Å². The van der Waals surface area contributed by atoms with Gasteiger partial charge >= 0.3 is 0 Å². The minimum Gasteiger partial charge on any atom is -0.150 e. The monoisotopic (exact) mass is 225 g/mol. The Bertz CT molecular complexity index is 498. The molecule has 0 heterocycles. The van der Waals surface area contributed by atoms with Crippen molar-refractivity contribution in [2.24, 2.45) is 5.18 Å². The second kappa shape index (κ2) is 4.50. The van der Waals surface area contributed by atoms with Gasteiger partial charge in [0.2, 0.25) is 0 Å². The molecule has 0 aliphatic heterocycles. The van der Waals surface area contributed by atoms with Gasteiger partial charge in [-0.05, 0) is 30.5 Å². The summed E-state index contributed by atoms with van der Waals surface area (Å²) in [5.41, 5.74) is 2.86. The molecule has 2 aliphatic rings. The Morgan fingerprint density at radius 2 is 1.59 bits per heavy atom. The molecule has 2 heteroatoms. The van der Waals surface area contributed by atoms with Crippen molar-refractivity contribution in [3.8, 4) is 11.1 Å². The highest BCUT2D eigenvalue weighted by atomic mass is 16.3. The van der Waals surface area contributed by atoms with Crippen LogP contribution in [0.3, 0.4) is 0 Å². The molecule has 2 aliphatic carbocycles. The molecule has 0 aromatic heterocycles. The van der Waals surface area contributed by atoms with E-state index in [1.165, 1.54) is 11.1 Å². The molecular formula is C15H15NO. The quantitative estimate of drug-likeness (QED) is 0.714. The summed E-state index contributed by atoms with van der Waals surface area (Å²) < 4.78 is 0. The Labute approximate surface area is 101 Å². The molecule has 0 atom stereocenters. The van der Waals surface area contributed by atoms with E-state index in [0.29, 0.717) is 0 Å². The second-order valence-corrected chi connectivity index (χ2v) is 4.68. The van der Waals surface area contributed by atoms with Crippen LogP contribution < -0.4 is 0 Å². The van der Waals surface area contributed by atoms with Crippen molar-refractivity contribution in [2.45, 2.75) is 19.4 Å². The van der Waals surface area contributed by atoms with Crippen LogP contribution in [0.2, 0.25) is 0 Å². The third-order valence-electron chi connectivity index (χ3n) is 2.71. The summed E-state index contributed by atoms with van der Waals surface area (Å²) in [5, 5.41) is 3.06. The van der Waals surface area contributed by atoms with E-state index in [9.17, 15) is 4.91 Å². The fourth-order valence-electron chi connectivity index (χ4n) is 1.62. The van der Waals surface area contributed by atoms with E-state index in [0.717, 1.165) is 5.56 Å². The zero-order chi connectivity index (χ0) is 12.3. The lowest BCUT2D eigenvalue weighted by atomic mass is 10.1. The first kappa shape index (κ1) is 11.5. The molecule has 0 bridgehead atoms. The maximum Gasteiger partial charge on any atom is 0.115 e. The van der Waals surface area contributed by atoms with Crippen LogP contribution in [-0.2, 0) is 0 Å². The van der Waals surface area contributed by atoms with E-state index in [2.05, 4.69) is 29.4 Å². The van der Waals surface area contributed by atoms with E-state index in [-0.39, 0.29) is 0 Å². The number of nitroso groups, excluding NO2 is 1. The first-order chi connectivity index (χ1) is 8.11. The third-order valence-corrected chi connectivity index (χ3v) is 2.71. The Kier molecular flexibility index (Phi) is 3.05. The van der Waals surface area contributed by atoms with Crippen molar-refractivity contribution >= 4 is 6.08 Å². The summed E-state index contributed by atoms with van der Waals surface area (Å²) >= 11 is 0. The average molecular weight is 225 g/mol. The molecule has 0 aromatic rings. The van der Waals surface area contributed by atoms with Gasteiger partial charge in [0, 0.05) is 0 Å². The summed E-state index contributed by atoms with van der Waals surface area (Å²) in [5.74, 6) is 0. The predicted molar refractivity (Wildman–Crippen MR) is 72.0 cm³/mol. The fraction of sp³-hybridized carbons (Fsp3) is 0.200. The topological polar surface area (TPSA) is 29.4 Å². The maximum absolute atomic E-state index is 10.6. The van der Waals surface area contributed by atoms with Gasteiger partial charge < -0.3 is 0 Å². The van der Waals surface area contributed by atoms with Gasteiger partial charge in [-0.25, -0.2) is 0 Å². The third kappa shape index (κ3) is 2.78. The number of nitrogens with zero attached hydrogens (tertiary/aromatic N) is 1. The van der Waals surface area contributed by atoms with Crippen LogP contribution in [0.15, 0.2) is 53.7 Å². The van der Waals surface area contributed by atoms with Gasteiger partial charge in [-0.1, -0.05) is 59.8 Å². The maximum atomic E-state index is 10.6. The van der Waals surface area contributed by atoms with Crippen LogP contribution in [0.1, 0.15) is 19.4 Å². The fourth-order valence-corrected chi connectivity index (χ4v) is 1.62. The molecule has 86 valence electrons. The normalized spacial score (nSPS) is 12.1. The van der Waals surface area contributed by atoms with Crippen molar-refractivity contribution < 1.29 is 0 Å². The van der Waals surface area contributed by atoms with E-state index < -0.39 is 5.54 Å². The molecule has 0 radical (unpaired) electrons. The SMILES string of the molecule is CC(C)(/C=C/c1ccc2cccc-2cc1)N=O. The van der Waals surface area contributed by atoms with Gasteiger partial charge in [-0.15, -0.1) is 4.91 Å². The summed E-state index contributed by atoms with van der Waals surface area (Å²) in [6.07, 6.45) is 3.75. The molecule has 0 amide bonds. The smallest absolute Gasteiger partial charge is 0.115 e. The van der Waals surface area contributed by atoms with Crippen molar-refractivity contribution in [2.75, 3.05) is 0 Å². The summed E-state index contributed by atoms with van der Waals surface area (Å²) in [7, 11) is 0. The highest BCUT2D eigenvalue weighted by Crippen LogP contribution is 2.22. The molecule has 0 unspecified atom stereocenters. The standard InChI is InChI=1S/C15H15NO/c1-15(2,16-17)11-10-12-6-8-13-4-3-5-14(13)9-7-12/h3-11H,1-2H3/b11-10+. The lowest BCUT2D eigenvalue weighted by Gasteiger charge is -2.07. The van der Waals surface area contributed by atoms with Gasteiger partial charge in [0.25, 0.3) is 0 Å². The lowest BCUT2D eigenvalue weighted by Crippen LogP contribution is -2.10. The molecular weight excluding hydrogens is 210 g/mol. The Morgan fingerprint density at radius 1 is 1.00 bits per heavy atom. The second-order valence-electron chi connectivity index (χ2n) is 4.68. The van der Waals surface area contributed by atoms with Crippen LogP contribution in [0.5, 0.6) is 0 Å². The lowest BCUT2D eigenvalue weighted by molar-refractivity contribution is 0.654. The van der Waals surface area contributed by atoms with Crippen LogP contribution >= 0.6 is 0 Å². The molecule has 0 saturated carbocycles. The number of hydrogen-bond acceptors (Lipinski definition) is 2. The molecule has 0 fully saturated rings. The zero-order valence-electron chi connectivity index (χ0n) is 10.1. The highest BCUT2D eigenvalue weighted by Gasteiger charge is 2.12. The molecule has 17 heavy (non-hydrogen) atoms. The Balaban J connectivity index is 2.31. The molecule has 0 saturated heterocycles. The predicted octanol–water partition coefficient (Wildman–Crippen LogP) is 4.35. The summed E-state index contributed by atoms with van der Waals surface area (Å²) in [6, 6.07) is 14.4. The van der Waals surface area contributed by atoms with Gasteiger partial charge in [0.15, 0.2) is 0 Å². The van der Waals surface area contributed by atoms with Crippen molar-refractivity contribution in [3.63, 3.8) is 0 Å². The molecule has 2 rings (SSSR count).